The predicted molar refractivity (Wildman–Crippen MR) is 62.1 cm³/mol. The van der Waals surface area contributed by atoms with E-state index >= 15 is 0 Å². The van der Waals surface area contributed by atoms with Crippen LogP contribution in [0.1, 0.15) is 44.2 Å². The van der Waals surface area contributed by atoms with Crippen LogP contribution in [0, 0.1) is 0 Å². The molecule has 1 unspecified atom stereocenters. The third-order valence-corrected chi connectivity index (χ3v) is 3.26. The highest BCUT2D eigenvalue weighted by Gasteiger charge is 2.19. The molecule has 1 atom stereocenters. The van der Waals surface area contributed by atoms with Crippen LogP contribution in [0.3, 0.4) is 0 Å². The normalized spacial score (nSPS) is 23.6. The molecule has 0 amide bonds. The highest BCUT2D eigenvalue weighted by molar-refractivity contribution is 5.09. The Hall–Kier alpha value is -0.830. The first kappa shape index (κ1) is 10.7. The molecule has 1 fully saturated rings. The lowest BCUT2D eigenvalue weighted by Gasteiger charge is -2.29. The van der Waals surface area contributed by atoms with Gasteiger partial charge < -0.3 is 4.90 Å². The maximum Gasteiger partial charge on any atom is 0.0646 e. The van der Waals surface area contributed by atoms with Crippen LogP contribution in [0.4, 0.5) is 0 Å². The van der Waals surface area contributed by atoms with E-state index < -0.39 is 0 Å². The minimum atomic E-state index is 0.580. The number of piperidine rings is 1. The number of hydrogen-bond acceptors (Lipinski definition) is 2. The highest BCUT2D eigenvalue weighted by atomic mass is 15.3. The van der Waals surface area contributed by atoms with Gasteiger partial charge in [-0.3, -0.25) is 4.68 Å². The molecule has 0 saturated carbocycles. The minimum absolute atomic E-state index is 0.580. The summed E-state index contributed by atoms with van der Waals surface area (Å²) in [4.78, 5) is 2.39. The summed E-state index contributed by atoms with van der Waals surface area (Å²) < 4.78 is 2.16. The van der Waals surface area contributed by atoms with Crippen molar-refractivity contribution in [2.24, 2.45) is 0 Å². The zero-order valence-electron chi connectivity index (χ0n) is 9.98. The number of hydrogen-bond donors (Lipinski definition) is 0. The first-order valence-electron chi connectivity index (χ1n) is 5.89. The third kappa shape index (κ3) is 2.40. The molecule has 0 radical (unpaired) electrons. The molecule has 15 heavy (non-hydrogen) atoms. The molecule has 1 aromatic heterocycles. The Morgan fingerprint density at radius 1 is 1.47 bits per heavy atom. The number of likely N-dealkylation sites (N-methyl/N-ethyl adjacent to an activating group) is 1. The SMILES string of the molecule is CC(C)c1cnn(C2CCCN(C)C2)c1. The van der Waals surface area contributed by atoms with Crippen molar-refractivity contribution in [2.75, 3.05) is 20.1 Å². The average Bonchev–Trinajstić information content (AvgIpc) is 2.66. The van der Waals surface area contributed by atoms with Gasteiger partial charge in [-0.1, -0.05) is 13.8 Å². The molecule has 3 nitrogen and oxygen atoms in total. The summed E-state index contributed by atoms with van der Waals surface area (Å²) in [5.74, 6) is 0.583. The van der Waals surface area contributed by atoms with Crippen molar-refractivity contribution in [1.82, 2.24) is 14.7 Å². The van der Waals surface area contributed by atoms with Crippen LogP contribution < -0.4 is 0 Å². The molecular weight excluding hydrogens is 186 g/mol. The van der Waals surface area contributed by atoms with Gasteiger partial charge in [0.1, 0.15) is 0 Å². The van der Waals surface area contributed by atoms with Gasteiger partial charge in [0.05, 0.1) is 12.2 Å². The van der Waals surface area contributed by atoms with Crippen molar-refractivity contribution in [3.05, 3.63) is 18.0 Å². The van der Waals surface area contributed by atoms with Crippen LogP contribution in [0.15, 0.2) is 12.4 Å². The van der Waals surface area contributed by atoms with Gasteiger partial charge in [-0.2, -0.15) is 5.10 Å². The van der Waals surface area contributed by atoms with E-state index in [0.29, 0.717) is 12.0 Å². The topological polar surface area (TPSA) is 21.1 Å². The summed E-state index contributed by atoms with van der Waals surface area (Å²) in [6.07, 6.45) is 6.79. The Morgan fingerprint density at radius 3 is 2.87 bits per heavy atom. The van der Waals surface area contributed by atoms with Crippen molar-refractivity contribution >= 4 is 0 Å². The number of rotatable bonds is 2. The van der Waals surface area contributed by atoms with E-state index in [1.807, 2.05) is 6.20 Å². The van der Waals surface area contributed by atoms with Crippen LogP contribution in [-0.4, -0.2) is 34.8 Å². The third-order valence-electron chi connectivity index (χ3n) is 3.26. The second-order valence-electron chi connectivity index (χ2n) is 4.97. The Labute approximate surface area is 92.1 Å². The minimum Gasteiger partial charge on any atom is -0.304 e. The zero-order chi connectivity index (χ0) is 10.8. The zero-order valence-corrected chi connectivity index (χ0v) is 9.98. The van der Waals surface area contributed by atoms with Gasteiger partial charge >= 0.3 is 0 Å². The molecule has 1 aromatic rings. The average molecular weight is 207 g/mol. The quantitative estimate of drug-likeness (QED) is 0.742. The number of aromatic nitrogens is 2. The van der Waals surface area contributed by atoms with E-state index in [-0.39, 0.29) is 0 Å². The van der Waals surface area contributed by atoms with Crippen molar-refractivity contribution < 1.29 is 0 Å². The highest BCUT2D eigenvalue weighted by Crippen LogP contribution is 2.21. The Bertz CT molecular complexity index is 316. The summed E-state index contributed by atoms with van der Waals surface area (Å²) in [5, 5.41) is 4.49. The van der Waals surface area contributed by atoms with Crippen LogP contribution >= 0.6 is 0 Å². The standard InChI is InChI=1S/C12H21N3/c1-10(2)11-7-13-15(8-11)12-5-4-6-14(3)9-12/h7-8,10,12H,4-6,9H2,1-3H3. The first-order chi connectivity index (χ1) is 7.16. The van der Waals surface area contributed by atoms with E-state index in [4.69, 9.17) is 0 Å². The van der Waals surface area contributed by atoms with E-state index in [9.17, 15) is 0 Å². The summed E-state index contributed by atoms with van der Waals surface area (Å²) in [6.45, 7) is 6.80. The van der Waals surface area contributed by atoms with Crippen LogP contribution in [0.25, 0.3) is 0 Å². The molecule has 0 aliphatic carbocycles. The maximum atomic E-state index is 4.49. The van der Waals surface area contributed by atoms with E-state index in [2.05, 4.69) is 41.8 Å². The van der Waals surface area contributed by atoms with Crippen LogP contribution in [0.5, 0.6) is 0 Å². The summed E-state index contributed by atoms with van der Waals surface area (Å²) in [6, 6.07) is 0.580. The molecule has 0 bridgehead atoms. The summed E-state index contributed by atoms with van der Waals surface area (Å²) in [7, 11) is 2.19. The fourth-order valence-corrected chi connectivity index (χ4v) is 2.21. The molecule has 1 aliphatic rings. The van der Waals surface area contributed by atoms with E-state index in [0.717, 1.165) is 6.54 Å². The molecule has 0 aromatic carbocycles. The van der Waals surface area contributed by atoms with Crippen molar-refractivity contribution in [2.45, 2.75) is 38.6 Å². The lowest BCUT2D eigenvalue weighted by atomic mass is 10.1. The van der Waals surface area contributed by atoms with E-state index in [1.54, 1.807) is 0 Å². The van der Waals surface area contributed by atoms with Crippen molar-refractivity contribution in [3.8, 4) is 0 Å². The second-order valence-corrected chi connectivity index (χ2v) is 4.97. The largest absolute Gasteiger partial charge is 0.304 e. The van der Waals surface area contributed by atoms with Gasteiger partial charge in [-0.05, 0) is 37.9 Å². The first-order valence-corrected chi connectivity index (χ1v) is 5.89. The van der Waals surface area contributed by atoms with Gasteiger partial charge in [0.2, 0.25) is 0 Å². The van der Waals surface area contributed by atoms with Gasteiger partial charge in [0.25, 0.3) is 0 Å². The van der Waals surface area contributed by atoms with E-state index in [1.165, 1.54) is 24.9 Å². The molecule has 84 valence electrons. The molecular formula is C12H21N3. The van der Waals surface area contributed by atoms with Crippen molar-refractivity contribution in [1.29, 1.82) is 0 Å². The lowest BCUT2D eigenvalue weighted by Crippen LogP contribution is -2.33. The Morgan fingerprint density at radius 2 is 2.27 bits per heavy atom. The lowest BCUT2D eigenvalue weighted by molar-refractivity contribution is 0.202. The fraction of sp³-hybridized carbons (Fsp3) is 0.750. The Balaban J connectivity index is 2.08. The maximum absolute atomic E-state index is 4.49. The Kier molecular flexibility index (Phi) is 3.10. The van der Waals surface area contributed by atoms with Gasteiger partial charge in [-0.25, -0.2) is 0 Å². The fourth-order valence-electron chi connectivity index (χ4n) is 2.21. The molecule has 1 saturated heterocycles. The van der Waals surface area contributed by atoms with Crippen LogP contribution in [-0.2, 0) is 0 Å². The summed E-state index contributed by atoms with van der Waals surface area (Å²) in [5.41, 5.74) is 1.35. The molecule has 3 heteroatoms. The van der Waals surface area contributed by atoms with Gasteiger partial charge in [0, 0.05) is 12.7 Å². The second kappa shape index (κ2) is 4.35. The van der Waals surface area contributed by atoms with Crippen LogP contribution in [0.2, 0.25) is 0 Å². The molecule has 1 aliphatic heterocycles. The number of nitrogens with zero attached hydrogens (tertiary/aromatic N) is 3. The molecule has 0 N–H and O–H groups in total. The number of likely N-dealkylation sites (tertiary alicyclic amines) is 1. The predicted octanol–water partition coefficient (Wildman–Crippen LogP) is 2.27. The monoisotopic (exact) mass is 207 g/mol. The summed E-state index contributed by atoms with van der Waals surface area (Å²) >= 11 is 0. The smallest absolute Gasteiger partial charge is 0.0646 e. The van der Waals surface area contributed by atoms with Crippen molar-refractivity contribution in [3.63, 3.8) is 0 Å². The van der Waals surface area contributed by atoms with Gasteiger partial charge in [0.15, 0.2) is 0 Å². The molecule has 2 heterocycles. The molecule has 2 rings (SSSR count). The molecule has 0 spiro atoms. The van der Waals surface area contributed by atoms with Gasteiger partial charge in [-0.15, -0.1) is 0 Å².